The molecule has 4 heterocycles. The molecule has 0 atom stereocenters. The van der Waals surface area contributed by atoms with Crippen LogP contribution in [0.25, 0.3) is 11.5 Å². The van der Waals surface area contributed by atoms with Crippen LogP contribution in [0.5, 0.6) is 0 Å². The normalized spacial score (nSPS) is 16.5. The molecular formula is C16H19N7O. The third-order valence-electron chi connectivity index (χ3n) is 4.43. The van der Waals surface area contributed by atoms with Crippen LogP contribution in [-0.2, 0) is 13.6 Å². The molecule has 3 aromatic heterocycles. The topological polar surface area (TPSA) is 85.8 Å². The lowest BCUT2D eigenvalue weighted by molar-refractivity contribution is 0.184. The van der Waals surface area contributed by atoms with Crippen LogP contribution in [0.4, 0.5) is 0 Å². The Kier molecular flexibility index (Phi) is 4.04. The fourth-order valence-corrected chi connectivity index (χ4v) is 3.13. The van der Waals surface area contributed by atoms with Gasteiger partial charge in [-0.15, -0.1) is 20.4 Å². The monoisotopic (exact) mass is 325 g/mol. The second-order valence-electron chi connectivity index (χ2n) is 6.09. The molecular weight excluding hydrogens is 306 g/mol. The summed E-state index contributed by atoms with van der Waals surface area (Å²) >= 11 is 0. The van der Waals surface area contributed by atoms with E-state index in [4.69, 9.17) is 4.42 Å². The van der Waals surface area contributed by atoms with Crippen LogP contribution in [0.2, 0.25) is 0 Å². The lowest BCUT2D eigenvalue weighted by atomic mass is 9.96. The lowest BCUT2D eigenvalue weighted by Gasteiger charge is -2.30. The number of nitrogens with zero attached hydrogens (tertiary/aromatic N) is 7. The molecule has 0 bridgehead atoms. The first-order valence-electron chi connectivity index (χ1n) is 8.08. The van der Waals surface area contributed by atoms with Gasteiger partial charge in [0.05, 0.1) is 12.1 Å². The molecule has 124 valence electrons. The van der Waals surface area contributed by atoms with E-state index in [0.29, 0.717) is 24.2 Å². The molecule has 0 aromatic carbocycles. The Morgan fingerprint density at radius 2 is 2.08 bits per heavy atom. The minimum absolute atomic E-state index is 0.474. The molecule has 1 fully saturated rings. The van der Waals surface area contributed by atoms with Crippen molar-refractivity contribution in [2.45, 2.75) is 25.3 Å². The van der Waals surface area contributed by atoms with Crippen molar-refractivity contribution >= 4 is 0 Å². The standard InChI is InChI=1S/C16H19N7O/c1-22-11-18-20-15(22)12-4-7-23(8-5-12)10-14-19-21-16(24-14)13-3-2-6-17-9-13/h2-3,6,9,11-12H,4-5,7-8,10H2,1H3. The van der Waals surface area contributed by atoms with Gasteiger partial charge in [0, 0.05) is 25.4 Å². The first kappa shape index (κ1) is 14.9. The van der Waals surface area contributed by atoms with Crippen molar-refractivity contribution in [2.24, 2.45) is 7.05 Å². The summed E-state index contributed by atoms with van der Waals surface area (Å²) in [7, 11) is 2.00. The molecule has 0 unspecified atom stereocenters. The summed E-state index contributed by atoms with van der Waals surface area (Å²) in [4.78, 5) is 6.42. The molecule has 1 aliphatic rings. The third-order valence-corrected chi connectivity index (χ3v) is 4.43. The van der Waals surface area contributed by atoms with Crippen LogP contribution < -0.4 is 0 Å². The van der Waals surface area contributed by atoms with Crippen molar-refractivity contribution < 1.29 is 4.42 Å². The SMILES string of the molecule is Cn1cnnc1C1CCN(Cc2nnc(-c3cccnc3)o2)CC1. The molecule has 0 aliphatic carbocycles. The van der Waals surface area contributed by atoms with Gasteiger partial charge in [0.2, 0.25) is 11.8 Å². The van der Waals surface area contributed by atoms with E-state index < -0.39 is 0 Å². The van der Waals surface area contributed by atoms with E-state index >= 15 is 0 Å². The minimum atomic E-state index is 0.474. The van der Waals surface area contributed by atoms with E-state index in [1.54, 1.807) is 18.7 Å². The van der Waals surface area contributed by atoms with Crippen molar-refractivity contribution in [2.75, 3.05) is 13.1 Å². The number of aromatic nitrogens is 6. The van der Waals surface area contributed by atoms with Gasteiger partial charge in [-0.25, -0.2) is 0 Å². The average Bonchev–Trinajstić information content (AvgIpc) is 3.26. The number of likely N-dealkylation sites (tertiary alicyclic amines) is 1. The van der Waals surface area contributed by atoms with E-state index in [-0.39, 0.29) is 0 Å². The van der Waals surface area contributed by atoms with Gasteiger partial charge in [0.15, 0.2) is 0 Å². The highest BCUT2D eigenvalue weighted by molar-refractivity contribution is 5.49. The summed E-state index contributed by atoms with van der Waals surface area (Å²) in [6, 6.07) is 3.77. The second kappa shape index (κ2) is 6.48. The number of piperidine rings is 1. The van der Waals surface area contributed by atoms with Crippen LogP contribution in [0, 0.1) is 0 Å². The number of pyridine rings is 1. The summed E-state index contributed by atoms with van der Waals surface area (Å²) in [5.41, 5.74) is 0.845. The van der Waals surface area contributed by atoms with Crippen LogP contribution in [0.1, 0.15) is 30.5 Å². The smallest absolute Gasteiger partial charge is 0.249 e. The molecule has 24 heavy (non-hydrogen) atoms. The molecule has 1 aliphatic heterocycles. The van der Waals surface area contributed by atoms with Gasteiger partial charge in [-0.1, -0.05) is 0 Å². The number of hydrogen-bond acceptors (Lipinski definition) is 7. The van der Waals surface area contributed by atoms with Gasteiger partial charge in [0.1, 0.15) is 12.2 Å². The van der Waals surface area contributed by atoms with Gasteiger partial charge in [0.25, 0.3) is 0 Å². The molecule has 4 rings (SSSR count). The maximum Gasteiger partial charge on any atom is 0.249 e. The molecule has 8 heteroatoms. The van der Waals surface area contributed by atoms with Gasteiger partial charge >= 0.3 is 0 Å². The maximum atomic E-state index is 5.76. The zero-order valence-electron chi connectivity index (χ0n) is 13.5. The van der Waals surface area contributed by atoms with Crippen LogP contribution in [-0.4, -0.2) is 47.9 Å². The fourth-order valence-electron chi connectivity index (χ4n) is 3.13. The number of rotatable bonds is 4. The van der Waals surface area contributed by atoms with E-state index in [1.165, 1.54) is 0 Å². The average molecular weight is 325 g/mol. The Balaban J connectivity index is 1.36. The number of aryl methyl sites for hydroxylation is 1. The quantitative estimate of drug-likeness (QED) is 0.720. The Bertz CT molecular complexity index is 790. The van der Waals surface area contributed by atoms with Crippen molar-refractivity contribution in [1.82, 2.24) is 34.8 Å². The van der Waals surface area contributed by atoms with E-state index in [2.05, 4.69) is 30.3 Å². The van der Waals surface area contributed by atoms with Gasteiger partial charge in [-0.05, 0) is 38.1 Å². The van der Waals surface area contributed by atoms with Gasteiger partial charge in [-0.3, -0.25) is 9.88 Å². The van der Waals surface area contributed by atoms with Crippen LogP contribution in [0.3, 0.4) is 0 Å². The largest absolute Gasteiger partial charge is 0.419 e. The van der Waals surface area contributed by atoms with E-state index in [9.17, 15) is 0 Å². The van der Waals surface area contributed by atoms with Crippen LogP contribution >= 0.6 is 0 Å². The highest BCUT2D eigenvalue weighted by atomic mass is 16.4. The summed E-state index contributed by atoms with van der Waals surface area (Å²) < 4.78 is 7.77. The molecule has 1 saturated heterocycles. The highest BCUT2D eigenvalue weighted by Crippen LogP contribution is 2.27. The summed E-state index contributed by atoms with van der Waals surface area (Å²) in [6.45, 7) is 2.66. The second-order valence-corrected chi connectivity index (χ2v) is 6.09. The lowest BCUT2D eigenvalue weighted by Crippen LogP contribution is -2.33. The first-order chi connectivity index (χ1) is 11.8. The third kappa shape index (κ3) is 3.05. The Morgan fingerprint density at radius 1 is 1.21 bits per heavy atom. The van der Waals surface area contributed by atoms with E-state index in [0.717, 1.165) is 37.3 Å². The summed E-state index contributed by atoms with van der Waals surface area (Å²) in [6.07, 6.45) is 7.35. The fraction of sp³-hybridized carbons (Fsp3) is 0.438. The molecule has 0 saturated carbocycles. The Labute approximate surface area is 139 Å². The first-order valence-corrected chi connectivity index (χ1v) is 8.08. The maximum absolute atomic E-state index is 5.76. The zero-order valence-corrected chi connectivity index (χ0v) is 13.5. The van der Waals surface area contributed by atoms with Gasteiger partial charge in [-0.2, -0.15) is 0 Å². The summed E-state index contributed by atoms with van der Waals surface area (Å²) in [5, 5.41) is 16.5. The Hall–Kier alpha value is -2.61. The minimum Gasteiger partial charge on any atom is -0.419 e. The van der Waals surface area contributed by atoms with Crippen molar-refractivity contribution in [3.8, 4) is 11.5 Å². The van der Waals surface area contributed by atoms with Crippen molar-refractivity contribution in [1.29, 1.82) is 0 Å². The summed E-state index contributed by atoms with van der Waals surface area (Å²) in [5.74, 6) is 2.71. The predicted molar refractivity (Wildman–Crippen MR) is 85.8 cm³/mol. The molecule has 0 radical (unpaired) electrons. The van der Waals surface area contributed by atoms with Crippen LogP contribution in [0.15, 0.2) is 35.3 Å². The molecule has 0 spiro atoms. The van der Waals surface area contributed by atoms with Crippen molar-refractivity contribution in [3.63, 3.8) is 0 Å². The van der Waals surface area contributed by atoms with Crippen molar-refractivity contribution in [3.05, 3.63) is 42.6 Å². The zero-order chi connectivity index (χ0) is 16.4. The predicted octanol–water partition coefficient (Wildman–Crippen LogP) is 1.64. The van der Waals surface area contributed by atoms with Gasteiger partial charge < -0.3 is 8.98 Å². The molecule has 3 aromatic rings. The van der Waals surface area contributed by atoms with E-state index in [1.807, 2.05) is 23.7 Å². The highest BCUT2D eigenvalue weighted by Gasteiger charge is 2.24. The number of hydrogen-bond donors (Lipinski definition) is 0. The molecule has 0 N–H and O–H groups in total. The Morgan fingerprint density at radius 3 is 2.79 bits per heavy atom. The molecule has 8 nitrogen and oxygen atoms in total. The molecule has 0 amide bonds.